The van der Waals surface area contributed by atoms with Crippen molar-refractivity contribution in [3.8, 4) is 0 Å². The molecule has 1 unspecified atom stereocenters. The van der Waals surface area contributed by atoms with Crippen LogP contribution >= 0.6 is 12.4 Å². The maximum absolute atomic E-state index is 13.5. The number of benzene rings is 2. The molecule has 2 aromatic carbocycles. The Kier molecular flexibility index (Phi) is 9.30. The lowest BCUT2D eigenvalue weighted by molar-refractivity contribution is -0.120. The van der Waals surface area contributed by atoms with E-state index in [9.17, 15) is 4.79 Å². The van der Waals surface area contributed by atoms with Gasteiger partial charge in [-0.3, -0.25) is 4.79 Å². The number of carbonyl (C=O) groups excluding carboxylic acids is 1. The summed E-state index contributed by atoms with van der Waals surface area (Å²) >= 11 is 0. The number of ketones is 1. The van der Waals surface area contributed by atoms with Gasteiger partial charge in [-0.05, 0) is 80.0 Å². The minimum Gasteiger partial charge on any atom is -0.347 e. The van der Waals surface area contributed by atoms with Gasteiger partial charge in [-0.25, -0.2) is 0 Å². The zero-order chi connectivity index (χ0) is 24.2. The molecule has 2 fully saturated rings. The fourth-order valence-electron chi connectivity index (χ4n) is 6.74. The summed E-state index contributed by atoms with van der Waals surface area (Å²) in [6.07, 6.45) is 14.8. The molecular weight excluding hydrogens is 464 g/mol. The molecule has 0 bridgehead atoms. The van der Waals surface area contributed by atoms with Crippen molar-refractivity contribution in [2.75, 3.05) is 0 Å². The summed E-state index contributed by atoms with van der Waals surface area (Å²) in [5.41, 5.74) is 11.3. The number of hydrogen-bond acceptors (Lipinski definition) is 2. The van der Waals surface area contributed by atoms with Crippen LogP contribution < -0.4 is 5.73 Å². The maximum Gasteiger partial charge on any atom is 0.134 e. The Hall–Kier alpha value is -2.10. The topological polar surface area (TPSA) is 48.0 Å². The van der Waals surface area contributed by atoms with Gasteiger partial charge in [-0.15, -0.1) is 12.4 Å². The Labute approximate surface area is 223 Å². The molecule has 0 saturated heterocycles. The van der Waals surface area contributed by atoms with Crippen molar-refractivity contribution < 1.29 is 4.79 Å². The van der Waals surface area contributed by atoms with Crippen molar-refractivity contribution in [3.63, 3.8) is 0 Å². The Morgan fingerprint density at radius 1 is 0.889 bits per heavy atom. The molecule has 2 aliphatic rings. The molecule has 36 heavy (non-hydrogen) atoms. The lowest BCUT2D eigenvalue weighted by Crippen LogP contribution is -2.27. The van der Waals surface area contributed by atoms with Crippen molar-refractivity contribution in [2.45, 2.75) is 96.1 Å². The number of hydrogen-bond donors (Lipinski definition) is 1. The zero-order valence-corrected chi connectivity index (χ0v) is 22.6. The van der Waals surface area contributed by atoms with Gasteiger partial charge in [0.1, 0.15) is 5.78 Å². The van der Waals surface area contributed by atoms with E-state index in [0.29, 0.717) is 30.6 Å². The van der Waals surface area contributed by atoms with Gasteiger partial charge in [0.05, 0.1) is 0 Å². The first-order valence-electron chi connectivity index (χ1n) is 14.0. The van der Waals surface area contributed by atoms with Crippen molar-refractivity contribution in [1.82, 2.24) is 4.57 Å². The van der Waals surface area contributed by atoms with Crippen molar-refractivity contribution >= 4 is 29.1 Å². The average molecular weight is 507 g/mol. The second-order valence-corrected chi connectivity index (χ2v) is 11.4. The molecule has 3 aromatic rings. The van der Waals surface area contributed by atoms with Gasteiger partial charge in [-0.1, -0.05) is 61.7 Å². The number of aryl methyl sites for hydroxylation is 1. The number of Topliss-reactive ketones (excluding diaryl/α,β-unsaturated/α-hetero) is 1. The highest BCUT2D eigenvalue weighted by Crippen LogP contribution is 2.38. The largest absolute Gasteiger partial charge is 0.347 e. The molecule has 0 radical (unpaired) electrons. The van der Waals surface area contributed by atoms with Crippen molar-refractivity contribution in [1.29, 1.82) is 0 Å². The van der Waals surface area contributed by atoms with Crippen LogP contribution in [0.2, 0.25) is 0 Å². The van der Waals surface area contributed by atoms with Gasteiger partial charge in [0.15, 0.2) is 0 Å². The van der Waals surface area contributed by atoms with Crippen LogP contribution in [0.3, 0.4) is 0 Å². The molecule has 3 nitrogen and oxygen atoms in total. The van der Waals surface area contributed by atoms with Gasteiger partial charge in [-0.2, -0.15) is 0 Å². The summed E-state index contributed by atoms with van der Waals surface area (Å²) < 4.78 is 2.50. The van der Waals surface area contributed by atoms with E-state index in [-0.39, 0.29) is 18.3 Å². The van der Waals surface area contributed by atoms with Crippen LogP contribution in [0.1, 0.15) is 93.2 Å². The molecule has 194 valence electrons. The predicted molar refractivity (Wildman–Crippen MR) is 153 cm³/mol. The van der Waals surface area contributed by atoms with Gasteiger partial charge < -0.3 is 10.3 Å². The molecule has 2 N–H and O–H groups in total. The summed E-state index contributed by atoms with van der Waals surface area (Å²) in [4.78, 5) is 13.5. The van der Waals surface area contributed by atoms with E-state index >= 15 is 0 Å². The summed E-state index contributed by atoms with van der Waals surface area (Å²) in [5.74, 6) is 1.78. The summed E-state index contributed by atoms with van der Waals surface area (Å²) in [5, 5.41) is 1.31. The van der Waals surface area contributed by atoms with Gasteiger partial charge in [0.25, 0.3) is 0 Å². The van der Waals surface area contributed by atoms with E-state index in [1.165, 1.54) is 59.7 Å². The first kappa shape index (κ1) is 26.9. The normalized spacial score (nSPS) is 21.7. The van der Waals surface area contributed by atoms with Crippen molar-refractivity contribution in [3.05, 3.63) is 71.4 Å². The molecular formula is C32H43ClN2O. The second-order valence-electron chi connectivity index (χ2n) is 11.4. The molecule has 5 rings (SSSR count). The number of fused-ring (bicyclic) bond motifs is 1. The second kappa shape index (κ2) is 12.4. The molecule has 2 aliphatic carbocycles. The average Bonchev–Trinajstić information content (AvgIpc) is 3.23. The quantitative estimate of drug-likeness (QED) is 0.337. The minimum atomic E-state index is 0. The predicted octanol–water partition coefficient (Wildman–Crippen LogP) is 7.95. The van der Waals surface area contributed by atoms with E-state index in [1.807, 2.05) is 0 Å². The fraction of sp³-hybridized carbons (Fsp3) is 0.531. The van der Waals surface area contributed by atoms with Gasteiger partial charge in [0.2, 0.25) is 0 Å². The third kappa shape index (κ3) is 6.23. The first-order chi connectivity index (χ1) is 17.1. The Morgan fingerprint density at radius 2 is 1.58 bits per heavy atom. The molecule has 1 atom stereocenters. The number of aromatic nitrogens is 1. The standard InChI is InChI=1S/C32H42N2O.ClH/c1-23-9-5-6-12-28(23)30(20-27(35)19-24-15-17-26(33)18-16-24)31-22-34(21-25-10-3-2-4-11-25)32-14-8-7-13-29(31)32;/h5-9,12-14,22,24-26,30H,2-4,10-11,15-21,33H2,1H3;1H. The Bertz CT molecular complexity index is 1140. The molecule has 2 saturated carbocycles. The smallest absolute Gasteiger partial charge is 0.134 e. The molecule has 0 aliphatic heterocycles. The summed E-state index contributed by atoms with van der Waals surface area (Å²) in [6.45, 7) is 3.29. The molecule has 4 heteroatoms. The Balaban J connectivity index is 0.00000304. The van der Waals surface area contributed by atoms with Crippen LogP contribution in [0.4, 0.5) is 0 Å². The van der Waals surface area contributed by atoms with E-state index < -0.39 is 0 Å². The van der Waals surface area contributed by atoms with Gasteiger partial charge in [0, 0.05) is 48.4 Å². The summed E-state index contributed by atoms with van der Waals surface area (Å²) in [6, 6.07) is 17.8. The van der Waals surface area contributed by atoms with E-state index in [2.05, 4.69) is 66.2 Å². The highest BCUT2D eigenvalue weighted by atomic mass is 35.5. The maximum atomic E-state index is 13.5. The third-order valence-corrected chi connectivity index (χ3v) is 8.78. The van der Waals surface area contributed by atoms with Crippen LogP contribution in [-0.4, -0.2) is 16.4 Å². The number of nitrogens with two attached hydrogens (primary N) is 1. The molecule has 0 amide bonds. The van der Waals surface area contributed by atoms with E-state index in [0.717, 1.165) is 38.1 Å². The van der Waals surface area contributed by atoms with Crippen LogP contribution in [0.25, 0.3) is 10.9 Å². The van der Waals surface area contributed by atoms with Crippen molar-refractivity contribution in [2.24, 2.45) is 17.6 Å². The van der Waals surface area contributed by atoms with E-state index in [4.69, 9.17) is 5.73 Å². The first-order valence-corrected chi connectivity index (χ1v) is 14.0. The molecule has 0 spiro atoms. The number of nitrogens with zero attached hydrogens (tertiary/aromatic N) is 1. The number of halogens is 1. The fourth-order valence-corrected chi connectivity index (χ4v) is 6.74. The minimum absolute atomic E-state index is 0. The Morgan fingerprint density at radius 3 is 2.33 bits per heavy atom. The van der Waals surface area contributed by atoms with Gasteiger partial charge >= 0.3 is 0 Å². The molecule has 1 heterocycles. The lowest BCUT2D eigenvalue weighted by atomic mass is 9.80. The SMILES string of the molecule is Cc1ccccc1C(CC(=O)CC1CCC(N)CC1)c1cn(CC2CCCCC2)c2ccccc12.Cl. The van der Waals surface area contributed by atoms with Crippen LogP contribution in [0.5, 0.6) is 0 Å². The monoisotopic (exact) mass is 506 g/mol. The highest BCUT2D eigenvalue weighted by Gasteiger charge is 2.27. The number of carbonyl (C=O) groups is 1. The van der Waals surface area contributed by atoms with Crippen LogP contribution in [0, 0.1) is 18.8 Å². The lowest BCUT2D eigenvalue weighted by Gasteiger charge is -2.26. The number of para-hydroxylation sites is 1. The molecule has 1 aromatic heterocycles. The summed E-state index contributed by atoms with van der Waals surface area (Å²) in [7, 11) is 0. The van der Waals surface area contributed by atoms with E-state index in [1.54, 1.807) is 0 Å². The highest BCUT2D eigenvalue weighted by molar-refractivity contribution is 5.87. The van der Waals surface area contributed by atoms with Crippen LogP contribution in [0.15, 0.2) is 54.7 Å². The zero-order valence-electron chi connectivity index (χ0n) is 21.8. The third-order valence-electron chi connectivity index (χ3n) is 8.78. The van der Waals surface area contributed by atoms with Crippen LogP contribution in [-0.2, 0) is 11.3 Å². The number of rotatable bonds is 8.